The normalized spacial score (nSPS) is 19.7. The number of nitrogens with one attached hydrogen (secondary N) is 2. The van der Waals surface area contributed by atoms with Crippen LogP contribution >= 0.6 is 0 Å². The minimum absolute atomic E-state index is 0.0963. The summed E-state index contributed by atoms with van der Waals surface area (Å²) in [7, 11) is 1.98. The van der Waals surface area contributed by atoms with Crippen molar-refractivity contribution in [3.8, 4) is 0 Å². The Bertz CT molecular complexity index is 881. The quantitative estimate of drug-likeness (QED) is 0.455. The van der Waals surface area contributed by atoms with E-state index in [4.69, 9.17) is 21.2 Å². The number of rotatable bonds is 6. The minimum atomic E-state index is -0.945. The number of aryl methyl sites for hydroxylation is 1. The molecule has 1 aromatic carbocycles. The van der Waals surface area contributed by atoms with Gasteiger partial charge in [0.05, 0.1) is 23.3 Å². The van der Waals surface area contributed by atoms with Crippen molar-refractivity contribution in [1.82, 2.24) is 14.9 Å². The van der Waals surface area contributed by atoms with Crippen LogP contribution in [0.2, 0.25) is 0 Å². The first kappa shape index (κ1) is 18.9. The fourth-order valence-corrected chi connectivity index (χ4v) is 3.77. The molecule has 1 saturated carbocycles. The van der Waals surface area contributed by atoms with Crippen LogP contribution in [0, 0.1) is 11.3 Å². The molecule has 1 aliphatic carbocycles. The van der Waals surface area contributed by atoms with E-state index >= 15 is 0 Å². The van der Waals surface area contributed by atoms with Gasteiger partial charge in [-0.1, -0.05) is 0 Å². The van der Waals surface area contributed by atoms with Gasteiger partial charge in [-0.2, -0.15) is 0 Å². The number of hydrogen-bond donors (Lipinski definition) is 4. The Hall–Kier alpha value is -2.90. The van der Waals surface area contributed by atoms with Crippen molar-refractivity contribution in [3.05, 3.63) is 29.6 Å². The fraction of sp³-hybridized carbons (Fsp3) is 0.474. The molecular formula is C19H25N5O3. The molecular weight excluding hydrogens is 346 g/mol. The lowest BCUT2D eigenvalue weighted by atomic mass is 9.81. The molecule has 144 valence electrons. The molecule has 8 nitrogen and oxygen atoms in total. The number of amides is 1. The van der Waals surface area contributed by atoms with Crippen LogP contribution in [0.3, 0.4) is 0 Å². The van der Waals surface area contributed by atoms with Crippen LogP contribution in [-0.4, -0.2) is 38.9 Å². The van der Waals surface area contributed by atoms with Crippen LogP contribution in [0.4, 0.5) is 0 Å². The molecule has 0 saturated heterocycles. The number of nitrogens with two attached hydrogens (primary N) is 1. The number of benzene rings is 1. The highest BCUT2D eigenvalue weighted by molar-refractivity contribution is 5.97. The summed E-state index contributed by atoms with van der Waals surface area (Å²) in [5.74, 6) is 0.530. The molecule has 0 radical (unpaired) electrons. The van der Waals surface area contributed by atoms with Crippen molar-refractivity contribution < 1.29 is 14.7 Å². The molecule has 1 aromatic heterocycles. The molecule has 8 heteroatoms. The minimum Gasteiger partial charge on any atom is -0.481 e. The number of nitrogens with zero attached hydrogens (tertiary/aromatic N) is 2. The van der Waals surface area contributed by atoms with Crippen LogP contribution < -0.4 is 11.1 Å². The molecule has 1 heterocycles. The van der Waals surface area contributed by atoms with Gasteiger partial charge < -0.3 is 20.7 Å². The predicted molar refractivity (Wildman–Crippen MR) is 102 cm³/mol. The molecule has 1 aliphatic rings. The van der Waals surface area contributed by atoms with E-state index in [1.807, 2.05) is 13.1 Å². The highest BCUT2D eigenvalue weighted by Crippen LogP contribution is 2.36. The second kappa shape index (κ2) is 7.77. The Labute approximate surface area is 157 Å². The SMILES string of the molecule is Cn1c(C2CCC(C(=N)N)CC2)nc2cc(C(=O)NCCC(=O)O)ccc21. The molecule has 1 fully saturated rings. The maximum atomic E-state index is 12.2. The van der Waals surface area contributed by atoms with Crippen LogP contribution in [0.1, 0.15) is 54.2 Å². The monoisotopic (exact) mass is 371 g/mol. The largest absolute Gasteiger partial charge is 0.481 e. The number of carboxylic acid groups (broad SMARTS) is 1. The second-order valence-corrected chi connectivity index (χ2v) is 7.14. The summed E-state index contributed by atoms with van der Waals surface area (Å²) in [6.07, 6.45) is 3.60. The molecule has 0 spiro atoms. The molecule has 0 unspecified atom stereocenters. The molecule has 1 amide bonds. The van der Waals surface area contributed by atoms with E-state index in [0.717, 1.165) is 42.5 Å². The number of amidine groups is 1. The Balaban J connectivity index is 1.76. The number of aliphatic carboxylic acids is 1. The number of carbonyl (C=O) groups is 2. The van der Waals surface area contributed by atoms with Crippen LogP contribution in [0.5, 0.6) is 0 Å². The first-order chi connectivity index (χ1) is 12.9. The van der Waals surface area contributed by atoms with E-state index < -0.39 is 5.97 Å². The van der Waals surface area contributed by atoms with Crippen molar-refractivity contribution in [2.24, 2.45) is 18.7 Å². The van der Waals surface area contributed by atoms with Gasteiger partial charge in [-0.25, -0.2) is 4.98 Å². The lowest BCUT2D eigenvalue weighted by Gasteiger charge is -2.27. The third kappa shape index (κ3) is 4.10. The number of fused-ring (bicyclic) bond motifs is 1. The summed E-state index contributed by atoms with van der Waals surface area (Å²) < 4.78 is 2.07. The molecule has 3 rings (SSSR count). The predicted octanol–water partition coefficient (Wildman–Crippen LogP) is 1.99. The van der Waals surface area contributed by atoms with Crippen molar-refractivity contribution in [3.63, 3.8) is 0 Å². The Morgan fingerprint density at radius 3 is 2.67 bits per heavy atom. The fourth-order valence-electron chi connectivity index (χ4n) is 3.77. The van der Waals surface area contributed by atoms with Gasteiger partial charge >= 0.3 is 5.97 Å². The topological polar surface area (TPSA) is 134 Å². The Morgan fingerprint density at radius 2 is 2.04 bits per heavy atom. The lowest BCUT2D eigenvalue weighted by molar-refractivity contribution is -0.136. The second-order valence-electron chi connectivity index (χ2n) is 7.14. The van der Waals surface area contributed by atoms with E-state index in [1.165, 1.54) is 0 Å². The zero-order valence-corrected chi connectivity index (χ0v) is 15.4. The van der Waals surface area contributed by atoms with Crippen LogP contribution in [0.25, 0.3) is 11.0 Å². The Kier molecular flexibility index (Phi) is 5.43. The zero-order chi connectivity index (χ0) is 19.6. The third-order valence-corrected chi connectivity index (χ3v) is 5.33. The number of carboxylic acids is 1. The first-order valence-corrected chi connectivity index (χ1v) is 9.17. The number of hydrogen-bond acceptors (Lipinski definition) is 4. The maximum absolute atomic E-state index is 12.2. The van der Waals surface area contributed by atoms with Crippen molar-refractivity contribution in [1.29, 1.82) is 5.41 Å². The average Bonchev–Trinajstić information content (AvgIpc) is 2.97. The highest BCUT2D eigenvalue weighted by atomic mass is 16.4. The molecule has 0 atom stereocenters. The number of carbonyl (C=O) groups excluding carboxylic acids is 1. The summed E-state index contributed by atoms with van der Waals surface area (Å²) in [5, 5.41) is 18.9. The number of imidazole rings is 1. The van der Waals surface area contributed by atoms with E-state index in [0.29, 0.717) is 11.5 Å². The Morgan fingerprint density at radius 1 is 1.33 bits per heavy atom. The molecule has 27 heavy (non-hydrogen) atoms. The van der Waals surface area contributed by atoms with Gasteiger partial charge in [0.25, 0.3) is 5.91 Å². The van der Waals surface area contributed by atoms with E-state index in [1.54, 1.807) is 12.1 Å². The molecule has 0 bridgehead atoms. The van der Waals surface area contributed by atoms with Gasteiger partial charge in [0, 0.05) is 31.0 Å². The summed E-state index contributed by atoms with van der Waals surface area (Å²) in [4.78, 5) is 27.5. The molecule has 2 aromatic rings. The van der Waals surface area contributed by atoms with Gasteiger partial charge in [-0.05, 0) is 43.9 Å². The summed E-state index contributed by atoms with van der Waals surface area (Å²) in [6.45, 7) is 0.0963. The van der Waals surface area contributed by atoms with Crippen LogP contribution in [-0.2, 0) is 11.8 Å². The van der Waals surface area contributed by atoms with Gasteiger partial charge in [0.2, 0.25) is 0 Å². The van der Waals surface area contributed by atoms with Gasteiger partial charge in [0.1, 0.15) is 5.82 Å². The van der Waals surface area contributed by atoms with E-state index in [-0.39, 0.29) is 30.6 Å². The standard InChI is InChI=1S/C19H25N5O3/c1-24-15-7-6-13(19(27)22-9-8-16(25)26)10-14(15)23-18(24)12-4-2-11(3-5-12)17(20)21/h6-7,10-12H,2-5,8-9H2,1H3,(H3,20,21)(H,22,27)(H,25,26). The van der Waals surface area contributed by atoms with Gasteiger partial charge in [-0.15, -0.1) is 0 Å². The third-order valence-electron chi connectivity index (χ3n) is 5.33. The highest BCUT2D eigenvalue weighted by Gasteiger charge is 2.27. The van der Waals surface area contributed by atoms with Crippen molar-refractivity contribution in [2.45, 2.75) is 38.0 Å². The number of aromatic nitrogens is 2. The maximum Gasteiger partial charge on any atom is 0.305 e. The van der Waals surface area contributed by atoms with E-state index in [9.17, 15) is 9.59 Å². The summed E-state index contributed by atoms with van der Waals surface area (Å²) in [5.41, 5.74) is 7.82. The molecule has 5 N–H and O–H groups in total. The first-order valence-electron chi connectivity index (χ1n) is 9.17. The van der Waals surface area contributed by atoms with Crippen molar-refractivity contribution in [2.75, 3.05) is 6.54 Å². The molecule has 0 aliphatic heterocycles. The summed E-state index contributed by atoms with van der Waals surface area (Å²) in [6, 6.07) is 5.35. The van der Waals surface area contributed by atoms with Crippen molar-refractivity contribution >= 4 is 28.7 Å². The average molecular weight is 371 g/mol. The summed E-state index contributed by atoms with van der Waals surface area (Å²) >= 11 is 0. The van der Waals surface area contributed by atoms with E-state index in [2.05, 4.69) is 9.88 Å². The zero-order valence-electron chi connectivity index (χ0n) is 15.4. The smallest absolute Gasteiger partial charge is 0.305 e. The van der Waals surface area contributed by atoms with Gasteiger partial charge in [0.15, 0.2) is 0 Å². The van der Waals surface area contributed by atoms with Gasteiger partial charge in [-0.3, -0.25) is 15.0 Å². The van der Waals surface area contributed by atoms with Crippen LogP contribution in [0.15, 0.2) is 18.2 Å². The lowest BCUT2D eigenvalue weighted by Crippen LogP contribution is -2.27.